The number of nitrogens with one attached hydrogen (secondary N) is 1. The van der Waals surface area contributed by atoms with Gasteiger partial charge in [-0.25, -0.2) is 4.99 Å². The van der Waals surface area contributed by atoms with Gasteiger partial charge in [-0.15, -0.1) is 0 Å². The molecule has 0 aliphatic rings. The molecule has 1 amide bonds. The monoisotopic (exact) mass is 397 g/mol. The Kier molecular flexibility index (Phi) is 6.54. The number of halogens is 2. The van der Waals surface area contributed by atoms with Gasteiger partial charge in [0.2, 0.25) is 11.7 Å². The normalized spacial score (nSPS) is 11.0. The fourth-order valence-electron chi connectivity index (χ4n) is 2.22. The fraction of sp³-hybridized carbons (Fsp3) is 0.176. The molecule has 3 N–H and O–H groups in total. The van der Waals surface area contributed by atoms with Gasteiger partial charge < -0.3 is 19.9 Å². The van der Waals surface area contributed by atoms with Crippen molar-refractivity contribution in [3.63, 3.8) is 0 Å². The van der Waals surface area contributed by atoms with Gasteiger partial charge in [-0.2, -0.15) is 0 Å². The van der Waals surface area contributed by atoms with E-state index in [1.807, 2.05) is 0 Å². The Morgan fingerprint density at radius 1 is 1.00 bits per heavy atom. The van der Waals surface area contributed by atoms with E-state index in [2.05, 4.69) is 10.3 Å². The Morgan fingerprint density at radius 3 is 2.15 bits per heavy atom. The number of aliphatic imine (C=N–C) groups is 1. The van der Waals surface area contributed by atoms with Crippen LogP contribution in [-0.4, -0.2) is 33.2 Å². The second-order valence-corrected chi connectivity index (χ2v) is 5.72. The number of nitrogens with zero attached hydrogens (tertiary/aromatic N) is 1. The van der Waals surface area contributed by atoms with Crippen molar-refractivity contribution in [2.75, 3.05) is 21.3 Å². The lowest BCUT2D eigenvalue weighted by Gasteiger charge is -2.14. The van der Waals surface area contributed by atoms with E-state index in [9.17, 15) is 4.79 Å². The first kappa shape index (κ1) is 19.7. The Morgan fingerprint density at radius 2 is 1.62 bits per heavy atom. The second-order valence-electron chi connectivity index (χ2n) is 4.90. The summed E-state index contributed by atoms with van der Waals surface area (Å²) in [5.41, 5.74) is 6.28. The minimum absolute atomic E-state index is 0.105. The Balaban J connectivity index is 2.34. The number of rotatable bonds is 5. The summed E-state index contributed by atoms with van der Waals surface area (Å²) in [4.78, 5) is 16.5. The summed E-state index contributed by atoms with van der Waals surface area (Å²) in [5, 5.41) is 2.84. The zero-order valence-corrected chi connectivity index (χ0v) is 15.8. The third kappa shape index (κ3) is 4.12. The van der Waals surface area contributed by atoms with E-state index < -0.39 is 5.91 Å². The summed E-state index contributed by atoms with van der Waals surface area (Å²) in [6.07, 6.45) is 0. The molecule has 0 aliphatic heterocycles. The zero-order valence-electron chi connectivity index (χ0n) is 14.3. The molecule has 9 heteroatoms. The van der Waals surface area contributed by atoms with Crippen molar-refractivity contribution < 1.29 is 19.0 Å². The lowest BCUT2D eigenvalue weighted by Crippen LogP contribution is -2.36. The molecule has 0 aromatic heterocycles. The first-order valence-corrected chi connectivity index (χ1v) is 8.07. The number of nitrogens with two attached hydrogens (primary N) is 1. The molecule has 0 fully saturated rings. The highest BCUT2D eigenvalue weighted by molar-refractivity contribution is 6.40. The van der Waals surface area contributed by atoms with Crippen LogP contribution in [0.15, 0.2) is 35.3 Å². The summed E-state index contributed by atoms with van der Waals surface area (Å²) < 4.78 is 15.8. The second kappa shape index (κ2) is 8.64. The van der Waals surface area contributed by atoms with Crippen molar-refractivity contribution >= 4 is 40.8 Å². The molecule has 2 aromatic rings. The first-order valence-electron chi connectivity index (χ1n) is 7.31. The molecule has 0 spiro atoms. The predicted molar refractivity (Wildman–Crippen MR) is 101 cm³/mol. The molecule has 0 heterocycles. The van der Waals surface area contributed by atoms with Gasteiger partial charge in [0.25, 0.3) is 5.91 Å². The van der Waals surface area contributed by atoms with E-state index in [0.717, 1.165) is 0 Å². The van der Waals surface area contributed by atoms with E-state index in [0.29, 0.717) is 22.9 Å². The van der Waals surface area contributed by atoms with Crippen molar-refractivity contribution in [1.82, 2.24) is 5.32 Å². The summed E-state index contributed by atoms with van der Waals surface area (Å²) in [5.74, 6) is 0.371. The standard InChI is InChI=1S/C17H17Cl2N3O4/c1-24-12-8-7-11(14(25-2)15(12)26-3)21-17(20)22-16(23)13-9(18)5-4-6-10(13)19/h4-8H,1-3H3,(H3,20,21,22,23). The van der Waals surface area contributed by atoms with Crippen LogP contribution >= 0.6 is 23.2 Å². The first-order chi connectivity index (χ1) is 12.4. The summed E-state index contributed by atoms with van der Waals surface area (Å²) in [6.45, 7) is 0. The van der Waals surface area contributed by atoms with Gasteiger partial charge in [-0.1, -0.05) is 29.3 Å². The molecule has 0 saturated heterocycles. The van der Waals surface area contributed by atoms with Crippen LogP contribution < -0.4 is 25.3 Å². The third-order valence-electron chi connectivity index (χ3n) is 3.36. The molecule has 138 valence electrons. The number of hydrogen-bond donors (Lipinski definition) is 2. The van der Waals surface area contributed by atoms with Crippen molar-refractivity contribution in [1.29, 1.82) is 0 Å². The molecule has 0 saturated carbocycles. The van der Waals surface area contributed by atoms with Gasteiger partial charge in [0.15, 0.2) is 11.5 Å². The predicted octanol–water partition coefficient (Wildman–Crippen LogP) is 3.40. The molecule has 7 nitrogen and oxygen atoms in total. The highest BCUT2D eigenvalue weighted by Gasteiger charge is 2.18. The topological polar surface area (TPSA) is 95.2 Å². The zero-order chi connectivity index (χ0) is 19.3. The number of ether oxygens (including phenoxy) is 3. The fourth-order valence-corrected chi connectivity index (χ4v) is 2.79. The average Bonchev–Trinajstić information content (AvgIpc) is 2.60. The van der Waals surface area contributed by atoms with Crippen LogP contribution in [0.3, 0.4) is 0 Å². The van der Waals surface area contributed by atoms with Crippen LogP contribution in [-0.2, 0) is 0 Å². The number of guanidine groups is 1. The lowest BCUT2D eigenvalue weighted by molar-refractivity contribution is 0.0977. The van der Waals surface area contributed by atoms with E-state index in [4.69, 9.17) is 43.1 Å². The van der Waals surface area contributed by atoms with Gasteiger partial charge in [0, 0.05) is 0 Å². The Hall–Kier alpha value is -2.64. The highest BCUT2D eigenvalue weighted by atomic mass is 35.5. The molecule has 0 unspecified atom stereocenters. The minimum Gasteiger partial charge on any atom is -0.493 e. The third-order valence-corrected chi connectivity index (χ3v) is 3.99. The summed E-state index contributed by atoms with van der Waals surface area (Å²) >= 11 is 12.0. The number of hydrogen-bond acceptors (Lipinski definition) is 5. The molecule has 2 rings (SSSR count). The number of methoxy groups -OCH3 is 3. The molecule has 26 heavy (non-hydrogen) atoms. The van der Waals surface area contributed by atoms with E-state index >= 15 is 0 Å². The van der Waals surface area contributed by atoms with Crippen molar-refractivity contribution in [2.24, 2.45) is 10.7 Å². The Labute approximate surface area is 160 Å². The molecular weight excluding hydrogens is 381 g/mol. The molecular formula is C17H17Cl2N3O4. The summed E-state index contributed by atoms with van der Waals surface area (Å²) in [7, 11) is 4.43. The molecule has 0 radical (unpaired) electrons. The van der Waals surface area contributed by atoms with Crippen molar-refractivity contribution in [3.05, 3.63) is 45.9 Å². The largest absolute Gasteiger partial charge is 0.493 e. The van der Waals surface area contributed by atoms with Gasteiger partial charge in [0.1, 0.15) is 5.69 Å². The van der Waals surface area contributed by atoms with Crippen molar-refractivity contribution in [2.45, 2.75) is 0 Å². The summed E-state index contributed by atoms with van der Waals surface area (Å²) in [6, 6.07) is 7.98. The van der Waals surface area contributed by atoms with Crippen LogP contribution in [0, 0.1) is 0 Å². The average molecular weight is 398 g/mol. The molecule has 2 aromatic carbocycles. The van der Waals surface area contributed by atoms with Gasteiger partial charge in [0.05, 0.1) is 36.9 Å². The van der Waals surface area contributed by atoms with Crippen LogP contribution in [0.5, 0.6) is 17.2 Å². The van der Waals surface area contributed by atoms with E-state index in [1.165, 1.54) is 21.3 Å². The van der Waals surface area contributed by atoms with Crippen molar-refractivity contribution in [3.8, 4) is 17.2 Å². The number of carbonyl (C=O) groups excluding carboxylic acids is 1. The SMILES string of the molecule is COc1ccc(N=C(N)NC(=O)c2c(Cl)cccc2Cl)c(OC)c1OC. The number of amides is 1. The molecule has 0 atom stereocenters. The van der Waals surface area contributed by atoms with E-state index in [1.54, 1.807) is 30.3 Å². The smallest absolute Gasteiger partial charge is 0.260 e. The van der Waals surface area contributed by atoms with Crippen LogP contribution in [0.2, 0.25) is 10.0 Å². The maximum atomic E-state index is 12.3. The van der Waals surface area contributed by atoms with Crippen LogP contribution in [0.1, 0.15) is 10.4 Å². The lowest BCUT2D eigenvalue weighted by atomic mass is 10.2. The van der Waals surface area contributed by atoms with Crippen LogP contribution in [0.4, 0.5) is 5.69 Å². The molecule has 0 aliphatic carbocycles. The Bertz CT molecular complexity index is 836. The number of benzene rings is 2. The highest BCUT2D eigenvalue weighted by Crippen LogP contribution is 2.43. The quantitative estimate of drug-likeness (QED) is 0.595. The molecule has 0 bridgehead atoms. The number of carbonyl (C=O) groups is 1. The minimum atomic E-state index is -0.582. The maximum absolute atomic E-state index is 12.3. The van der Waals surface area contributed by atoms with Gasteiger partial charge >= 0.3 is 0 Å². The van der Waals surface area contributed by atoms with E-state index in [-0.39, 0.29) is 21.6 Å². The van der Waals surface area contributed by atoms with Gasteiger partial charge in [-0.3, -0.25) is 10.1 Å². The van der Waals surface area contributed by atoms with Crippen LogP contribution in [0.25, 0.3) is 0 Å². The maximum Gasteiger partial charge on any atom is 0.260 e. The van der Waals surface area contributed by atoms with Gasteiger partial charge in [-0.05, 0) is 24.3 Å².